The van der Waals surface area contributed by atoms with Crippen molar-refractivity contribution >= 4 is 32.0 Å². The summed E-state index contributed by atoms with van der Waals surface area (Å²) in [5.74, 6) is 0. The Morgan fingerprint density at radius 3 is 1.52 bits per heavy atom. The van der Waals surface area contributed by atoms with Crippen LogP contribution in [0.4, 0.5) is 0 Å². The van der Waals surface area contributed by atoms with Crippen LogP contribution in [0.3, 0.4) is 0 Å². The zero-order valence-corrected chi connectivity index (χ0v) is 20.5. The Labute approximate surface area is 160 Å². The van der Waals surface area contributed by atoms with Gasteiger partial charge in [-0.15, -0.1) is 0 Å². The van der Waals surface area contributed by atoms with Crippen molar-refractivity contribution in [2.75, 3.05) is 14.1 Å². The van der Waals surface area contributed by atoms with Gasteiger partial charge in [-0.05, 0) is 0 Å². The molecule has 0 aliphatic carbocycles. The second-order valence-corrected chi connectivity index (χ2v) is 22.8. The van der Waals surface area contributed by atoms with Crippen LogP contribution >= 0.6 is 0 Å². The molecular formula is C20H37NO2SSn. The normalized spacial score (nSPS) is 12.7. The Bertz CT molecular complexity index is 575. The third kappa shape index (κ3) is 6.24. The van der Waals surface area contributed by atoms with Crippen molar-refractivity contribution < 1.29 is 8.42 Å². The zero-order chi connectivity index (χ0) is 18.9. The molecule has 0 bridgehead atoms. The van der Waals surface area contributed by atoms with Crippen molar-refractivity contribution in [3.8, 4) is 0 Å². The molecule has 0 radical (unpaired) electrons. The number of benzene rings is 1. The first-order chi connectivity index (χ1) is 11.8. The minimum atomic E-state index is -3.33. The van der Waals surface area contributed by atoms with Gasteiger partial charge in [0.05, 0.1) is 0 Å². The third-order valence-electron chi connectivity index (χ3n) is 5.27. The number of nitrogens with zero attached hydrogens (tertiary/aromatic N) is 1. The molecule has 5 heteroatoms. The quantitative estimate of drug-likeness (QED) is 0.401. The van der Waals surface area contributed by atoms with Gasteiger partial charge in [0.2, 0.25) is 0 Å². The van der Waals surface area contributed by atoms with Gasteiger partial charge in [-0.2, -0.15) is 0 Å². The summed E-state index contributed by atoms with van der Waals surface area (Å²) in [7, 11) is -0.146. The molecule has 1 aromatic carbocycles. The molecule has 0 aromatic heterocycles. The van der Waals surface area contributed by atoms with Gasteiger partial charge in [-0.1, -0.05) is 0 Å². The van der Waals surface area contributed by atoms with E-state index in [0.717, 1.165) is 0 Å². The Balaban J connectivity index is 3.23. The molecular weight excluding hydrogens is 437 g/mol. The molecule has 1 rings (SSSR count). The third-order valence-corrected chi connectivity index (χ3v) is 22.8. The molecule has 0 spiro atoms. The Kier molecular flexibility index (Phi) is 10.0. The average Bonchev–Trinajstić information content (AvgIpc) is 2.61. The van der Waals surface area contributed by atoms with Crippen LogP contribution in [0.5, 0.6) is 0 Å². The summed E-state index contributed by atoms with van der Waals surface area (Å²) in [6.07, 6.45) is 7.72. The molecule has 0 atom stereocenters. The van der Waals surface area contributed by atoms with Gasteiger partial charge in [-0.3, -0.25) is 0 Å². The van der Waals surface area contributed by atoms with E-state index in [4.69, 9.17) is 0 Å². The number of rotatable bonds is 12. The van der Waals surface area contributed by atoms with Gasteiger partial charge in [0.1, 0.15) is 0 Å². The van der Waals surface area contributed by atoms with E-state index >= 15 is 0 Å². The van der Waals surface area contributed by atoms with Crippen LogP contribution in [0.2, 0.25) is 13.3 Å². The molecule has 0 fully saturated rings. The summed E-state index contributed by atoms with van der Waals surface area (Å²) in [5.41, 5.74) is 0. The molecule has 0 aliphatic rings. The van der Waals surface area contributed by atoms with Crippen molar-refractivity contribution in [3.05, 3.63) is 24.3 Å². The van der Waals surface area contributed by atoms with Gasteiger partial charge in [0, 0.05) is 0 Å². The fourth-order valence-corrected chi connectivity index (χ4v) is 20.4. The monoisotopic (exact) mass is 475 g/mol. The standard InChI is InChI=1S/C8H10NO2S.3C4H9.Sn/c1-9(2)12(10,11)8-6-4-3-5-7-8;3*1-3-4-2;/h4-7H,1-2H3;3*1,3-4H2,2H3;. The van der Waals surface area contributed by atoms with Crippen LogP contribution < -0.4 is 3.58 Å². The van der Waals surface area contributed by atoms with E-state index in [1.807, 2.05) is 12.1 Å². The van der Waals surface area contributed by atoms with Gasteiger partial charge in [0.15, 0.2) is 0 Å². The van der Waals surface area contributed by atoms with Crippen molar-refractivity contribution in [2.24, 2.45) is 0 Å². The average molecular weight is 474 g/mol. The SMILES string of the molecule is CCC[CH2][Sn]([CH2]CCC)([CH2]CCC)[c]1ccc(S(=O)(=O)N(C)C)cc1. The maximum atomic E-state index is 12.4. The zero-order valence-electron chi connectivity index (χ0n) is 16.8. The molecule has 0 aliphatic heterocycles. The molecule has 0 heterocycles. The van der Waals surface area contributed by atoms with E-state index in [9.17, 15) is 8.42 Å². The number of unbranched alkanes of at least 4 members (excludes halogenated alkanes) is 3. The van der Waals surface area contributed by atoms with Crippen LogP contribution in [0.25, 0.3) is 0 Å². The summed E-state index contributed by atoms with van der Waals surface area (Å²) in [5, 5.41) is 0. The molecule has 0 unspecified atom stereocenters. The molecule has 0 amide bonds. The first kappa shape index (κ1) is 23.0. The van der Waals surface area contributed by atoms with E-state index < -0.39 is 28.4 Å². The van der Waals surface area contributed by atoms with Crippen LogP contribution in [0.1, 0.15) is 59.3 Å². The molecule has 0 saturated carbocycles. The van der Waals surface area contributed by atoms with Crippen LogP contribution in [-0.4, -0.2) is 45.2 Å². The Morgan fingerprint density at radius 2 is 1.20 bits per heavy atom. The fraction of sp³-hybridized carbons (Fsp3) is 0.700. The molecule has 3 nitrogen and oxygen atoms in total. The summed E-state index contributed by atoms with van der Waals surface area (Å²) in [6, 6.07) is 8.02. The summed E-state index contributed by atoms with van der Waals surface area (Å²) in [6.45, 7) is 6.84. The van der Waals surface area contributed by atoms with E-state index in [2.05, 4.69) is 32.9 Å². The van der Waals surface area contributed by atoms with Gasteiger partial charge in [0.25, 0.3) is 0 Å². The second kappa shape index (κ2) is 10.9. The summed E-state index contributed by atoms with van der Waals surface area (Å²) >= 11 is -2.45. The number of hydrogen-bond acceptors (Lipinski definition) is 2. The Morgan fingerprint density at radius 1 is 0.800 bits per heavy atom. The van der Waals surface area contributed by atoms with Crippen LogP contribution in [0, 0.1) is 0 Å². The predicted octanol–water partition coefficient (Wildman–Crippen LogP) is 4.99. The molecule has 25 heavy (non-hydrogen) atoms. The summed E-state index contributed by atoms with van der Waals surface area (Å²) in [4.78, 5) is 0.419. The topological polar surface area (TPSA) is 37.4 Å². The molecule has 0 saturated heterocycles. The van der Waals surface area contributed by atoms with E-state index in [-0.39, 0.29) is 0 Å². The molecule has 144 valence electrons. The van der Waals surface area contributed by atoms with Crippen molar-refractivity contribution in [1.29, 1.82) is 0 Å². The second-order valence-electron chi connectivity index (χ2n) is 7.40. The summed E-state index contributed by atoms with van der Waals surface area (Å²) < 4.78 is 31.8. The van der Waals surface area contributed by atoms with Gasteiger partial charge < -0.3 is 0 Å². The van der Waals surface area contributed by atoms with Gasteiger partial charge >= 0.3 is 161 Å². The van der Waals surface area contributed by atoms with Crippen molar-refractivity contribution in [3.63, 3.8) is 0 Å². The number of sulfonamides is 1. The van der Waals surface area contributed by atoms with E-state index in [1.165, 1.54) is 59.7 Å². The van der Waals surface area contributed by atoms with Crippen LogP contribution in [0.15, 0.2) is 29.2 Å². The van der Waals surface area contributed by atoms with Crippen molar-refractivity contribution in [2.45, 2.75) is 77.5 Å². The first-order valence-corrected chi connectivity index (χ1v) is 18.8. The van der Waals surface area contributed by atoms with E-state index in [0.29, 0.717) is 4.90 Å². The molecule has 0 N–H and O–H groups in total. The minimum absolute atomic E-state index is 0.419. The van der Waals surface area contributed by atoms with Crippen LogP contribution in [-0.2, 0) is 10.0 Å². The first-order valence-electron chi connectivity index (χ1n) is 9.87. The van der Waals surface area contributed by atoms with Gasteiger partial charge in [-0.25, -0.2) is 0 Å². The Hall–Kier alpha value is -0.0713. The van der Waals surface area contributed by atoms with Crippen molar-refractivity contribution in [1.82, 2.24) is 4.31 Å². The van der Waals surface area contributed by atoms with E-state index in [1.54, 1.807) is 14.1 Å². The molecule has 1 aromatic rings. The maximum absolute atomic E-state index is 12.4. The fourth-order valence-electron chi connectivity index (χ4n) is 3.54. The number of hydrogen-bond donors (Lipinski definition) is 0. The predicted molar refractivity (Wildman–Crippen MR) is 112 cm³/mol.